The van der Waals surface area contributed by atoms with Gasteiger partial charge in [0.25, 0.3) is 0 Å². The first-order valence-corrected chi connectivity index (χ1v) is 6.33. The number of rotatable bonds is 3. The van der Waals surface area contributed by atoms with Crippen LogP contribution >= 0.6 is 0 Å². The van der Waals surface area contributed by atoms with Crippen molar-refractivity contribution < 1.29 is 13.2 Å². The first-order valence-electron chi connectivity index (χ1n) is 6.33. The SMILES string of the molecule is CCc1nnc(-n2cc(C(F)(F)F)cn2)c(C#N)c1CC. The fourth-order valence-corrected chi connectivity index (χ4v) is 2.03. The molecule has 2 heterocycles. The highest BCUT2D eigenvalue weighted by Crippen LogP contribution is 2.29. The van der Waals surface area contributed by atoms with Gasteiger partial charge in [-0.1, -0.05) is 13.8 Å². The lowest BCUT2D eigenvalue weighted by molar-refractivity contribution is -0.137. The zero-order valence-electron chi connectivity index (χ0n) is 11.4. The van der Waals surface area contributed by atoms with Gasteiger partial charge in [0.1, 0.15) is 11.6 Å². The van der Waals surface area contributed by atoms with Crippen LogP contribution in [0.2, 0.25) is 0 Å². The van der Waals surface area contributed by atoms with Gasteiger partial charge in [-0.15, -0.1) is 5.10 Å². The third-order valence-corrected chi connectivity index (χ3v) is 3.07. The quantitative estimate of drug-likeness (QED) is 0.873. The second-order valence-corrected chi connectivity index (χ2v) is 4.31. The number of hydrogen-bond acceptors (Lipinski definition) is 4. The molecule has 0 aliphatic rings. The zero-order chi connectivity index (χ0) is 15.6. The average Bonchev–Trinajstić information content (AvgIpc) is 2.95. The van der Waals surface area contributed by atoms with Gasteiger partial charge >= 0.3 is 6.18 Å². The molecule has 110 valence electrons. The van der Waals surface area contributed by atoms with Crippen LogP contribution in [0.3, 0.4) is 0 Å². The van der Waals surface area contributed by atoms with Gasteiger partial charge in [0.2, 0.25) is 0 Å². The number of hydrogen-bond donors (Lipinski definition) is 0. The Morgan fingerprint density at radius 2 is 1.95 bits per heavy atom. The lowest BCUT2D eigenvalue weighted by Crippen LogP contribution is -2.10. The van der Waals surface area contributed by atoms with E-state index in [0.29, 0.717) is 30.3 Å². The molecule has 2 aromatic heterocycles. The predicted molar refractivity (Wildman–Crippen MR) is 67.6 cm³/mol. The number of aryl methyl sites for hydroxylation is 1. The summed E-state index contributed by atoms with van der Waals surface area (Å²) in [6, 6.07) is 1.99. The van der Waals surface area contributed by atoms with E-state index in [9.17, 15) is 18.4 Å². The fourth-order valence-electron chi connectivity index (χ4n) is 2.03. The van der Waals surface area contributed by atoms with E-state index in [1.54, 1.807) is 0 Å². The van der Waals surface area contributed by atoms with E-state index in [2.05, 4.69) is 15.3 Å². The number of nitriles is 1. The summed E-state index contributed by atoms with van der Waals surface area (Å²) in [4.78, 5) is 0. The van der Waals surface area contributed by atoms with Gasteiger partial charge in [-0.2, -0.15) is 28.6 Å². The molecule has 0 unspecified atom stereocenters. The molecule has 0 fully saturated rings. The van der Waals surface area contributed by atoms with E-state index in [1.807, 2.05) is 19.9 Å². The molecule has 0 N–H and O–H groups in total. The molecule has 8 heteroatoms. The van der Waals surface area contributed by atoms with Crippen LogP contribution in [-0.4, -0.2) is 20.0 Å². The van der Waals surface area contributed by atoms with E-state index in [4.69, 9.17) is 0 Å². The Bertz CT molecular complexity index is 697. The minimum Gasteiger partial charge on any atom is -0.219 e. The maximum Gasteiger partial charge on any atom is 0.419 e. The van der Waals surface area contributed by atoms with Crippen LogP contribution in [0.25, 0.3) is 5.82 Å². The Morgan fingerprint density at radius 3 is 2.43 bits per heavy atom. The van der Waals surface area contributed by atoms with Crippen LogP contribution in [0.15, 0.2) is 12.4 Å². The number of nitrogens with zero attached hydrogens (tertiary/aromatic N) is 5. The Morgan fingerprint density at radius 1 is 1.24 bits per heavy atom. The van der Waals surface area contributed by atoms with Crippen LogP contribution in [0.1, 0.15) is 36.2 Å². The Labute approximate surface area is 119 Å². The first-order chi connectivity index (χ1) is 9.92. The summed E-state index contributed by atoms with van der Waals surface area (Å²) in [6.07, 6.45) is -1.85. The monoisotopic (exact) mass is 295 g/mol. The third kappa shape index (κ3) is 2.72. The molecular formula is C13H12F3N5. The summed E-state index contributed by atoms with van der Waals surface area (Å²) in [6.45, 7) is 3.73. The van der Waals surface area contributed by atoms with E-state index in [0.717, 1.165) is 10.9 Å². The lowest BCUT2D eigenvalue weighted by atomic mass is 10.0. The normalized spacial score (nSPS) is 11.4. The second kappa shape index (κ2) is 5.52. The van der Waals surface area contributed by atoms with Crippen LogP contribution < -0.4 is 0 Å². The molecule has 0 saturated carbocycles. The van der Waals surface area contributed by atoms with Crippen molar-refractivity contribution in [1.29, 1.82) is 5.26 Å². The summed E-state index contributed by atoms with van der Waals surface area (Å²) < 4.78 is 38.8. The minimum atomic E-state index is -4.49. The summed E-state index contributed by atoms with van der Waals surface area (Å²) in [5.41, 5.74) is 0.669. The molecule has 0 aliphatic carbocycles. The summed E-state index contributed by atoms with van der Waals surface area (Å²) in [5.74, 6) is 0.0158. The molecular weight excluding hydrogens is 283 g/mol. The Balaban J connectivity index is 2.60. The maximum absolute atomic E-state index is 12.6. The Hall–Kier alpha value is -2.43. The molecule has 21 heavy (non-hydrogen) atoms. The summed E-state index contributed by atoms with van der Waals surface area (Å²) in [7, 11) is 0. The molecule has 0 saturated heterocycles. The highest BCUT2D eigenvalue weighted by molar-refractivity contribution is 5.49. The van der Waals surface area contributed by atoms with Gasteiger partial charge in [-0.25, -0.2) is 4.68 Å². The van der Waals surface area contributed by atoms with Crippen molar-refractivity contribution in [1.82, 2.24) is 20.0 Å². The predicted octanol–water partition coefficient (Wildman–Crippen LogP) is 2.68. The summed E-state index contributed by atoms with van der Waals surface area (Å²) >= 11 is 0. The van der Waals surface area contributed by atoms with Crippen molar-refractivity contribution in [3.8, 4) is 11.9 Å². The van der Waals surface area contributed by atoms with E-state index >= 15 is 0 Å². The maximum atomic E-state index is 12.6. The van der Waals surface area contributed by atoms with Gasteiger partial charge < -0.3 is 0 Å². The molecule has 0 atom stereocenters. The van der Waals surface area contributed by atoms with Crippen molar-refractivity contribution in [2.75, 3.05) is 0 Å². The van der Waals surface area contributed by atoms with Crippen molar-refractivity contribution in [2.45, 2.75) is 32.9 Å². The highest BCUT2D eigenvalue weighted by Gasteiger charge is 2.32. The van der Waals surface area contributed by atoms with Crippen molar-refractivity contribution in [3.63, 3.8) is 0 Å². The van der Waals surface area contributed by atoms with Gasteiger partial charge in [0, 0.05) is 6.20 Å². The molecule has 2 rings (SSSR count). The zero-order valence-corrected chi connectivity index (χ0v) is 11.4. The van der Waals surface area contributed by atoms with Crippen LogP contribution in [0.4, 0.5) is 13.2 Å². The molecule has 5 nitrogen and oxygen atoms in total. The smallest absolute Gasteiger partial charge is 0.219 e. The standard InChI is InChI=1S/C13H12F3N5/c1-3-9-10(5-17)12(20-19-11(9)4-2)21-7-8(6-18-21)13(14,15)16/h6-7H,3-4H2,1-2H3. The topological polar surface area (TPSA) is 67.4 Å². The highest BCUT2D eigenvalue weighted by atomic mass is 19.4. The molecule has 0 aliphatic heterocycles. The number of halogens is 3. The van der Waals surface area contributed by atoms with Gasteiger partial charge in [-0.05, 0) is 18.4 Å². The van der Waals surface area contributed by atoms with Crippen LogP contribution in [0, 0.1) is 11.3 Å². The molecule has 0 bridgehead atoms. The van der Waals surface area contributed by atoms with E-state index in [1.165, 1.54) is 0 Å². The number of aromatic nitrogens is 4. The van der Waals surface area contributed by atoms with Crippen LogP contribution in [-0.2, 0) is 19.0 Å². The molecule has 0 amide bonds. The minimum absolute atomic E-state index is 0.0158. The van der Waals surface area contributed by atoms with Crippen molar-refractivity contribution >= 4 is 0 Å². The fraction of sp³-hybridized carbons (Fsp3) is 0.385. The van der Waals surface area contributed by atoms with Gasteiger partial charge in [0.15, 0.2) is 5.82 Å². The van der Waals surface area contributed by atoms with Crippen molar-refractivity contribution in [2.24, 2.45) is 0 Å². The Kier molecular flexibility index (Phi) is 3.93. The van der Waals surface area contributed by atoms with Crippen molar-refractivity contribution in [3.05, 3.63) is 34.8 Å². The molecule has 0 radical (unpaired) electrons. The molecule has 0 aromatic carbocycles. The number of alkyl halides is 3. The molecule has 0 spiro atoms. The van der Waals surface area contributed by atoms with E-state index < -0.39 is 11.7 Å². The third-order valence-electron chi connectivity index (χ3n) is 3.07. The van der Waals surface area contributed by atoms with Crippen LogP contribution in [0.5, 0.6) is 0 Å². The second-order valence-electron chi connectivity index (χ2n) is 4.31. The molecule has 2 aromatic rings. The largest absolute Gasteiger partial charge is 0.419 e. The first kappa shape index (κ1) is 15.0. The van der Waals surface area contributed by atoms with E-state index in [-0.39, 0.29) is 11.4 Å². The average molecular weight is 295 g/mol. The lowest BCUT2D eigenvalue weighted by Gasteiger charge is -2.10. The summed E-state index contributed by atoms with van der Waals surface area (Å²) in [5, 5.41) is 20.8. The van der Waals surface area contributed by atoms with Gasteiger partial charge in [-0.3, -0.25) is 0 Å². The van der Waals surface area contributed by atoms with Gasteiger partial charge in [0.05, 0.1) is 17.5 Å².